The first-order valence-corrected chi connectivity index (χ1v) is 16.4. The van der Waals surface area contributed by atoms with E-state index in [0.717, 1.165) is 32.6 Å². The lowest BCUT2D eigenvalue weighted by Gasteiger charge is -2.27. The van der Waals surface area contributed by atoms with E-state index in [9.17, 15) is 14.4 Å². The summed E-state index contributed by atoms with van der Waals surface area (Å²) in [5, 5.41) is 26.9. The molecule has 0 amide bonds. The zero-order valence-electron chi connectivity index (χ0n) is 25.8. The van der Waals surface area contributed by atoms with E-state index < -0.39 is 17.9 Å². The second-order valence-corrected chi connectivity index (χ2v) is 11.5. The predicted molar refractivity (Wildman–Crippen MR) is 163 cm³/mol. The number of aliphatic carboxylic acids is 3. The molecule has 8 nitrogen and oxygen atoms in total. The highest BCUT2D eigenvalue weighted by molar-refractivity contribution is 5.67. The summed E-state index contributed by atoms with van der Waals surface area (Å²) in [5.74, 6) is -2.40. The Morgan fingerprint density at radius 2 is 0.625 bits per heavy atom. The number of rotatable bonds is 32. The Bertz CT molecular complexity index is 596. The van der Waals surface area contributed by atoms with Crippen molar-refractivity contribution in [3.8, 4) is 0 Å². The van der Waals surface area contributed by atoms with Crippen LogP contribution in [0.1, 0.15) is 148 Å². The summed E-state index contributed by atoms with van der Waals surface area (Å²) in [4.78, 5) is 37.3. The lowest BCUT2D eigenvalue weighted by Crippen LogP contribution is -2.37. The maximum absolute atomic E-state index is 11.0. The van der Waals surface area contributed by atoms with Crippen molar-refractivity contribution in [2.45, 2.75) is 148 Å². The predicted octanol–water partition coefficient (Wildman–Crippen LogP) is 7.45. The molecule has 0 saturated carbocycles. The molecule has 3 N–H and O–H groups in total. The van der Waals surface area contributed by atoms with Crippen LogP contribution in [-0.4, -0.2) is 82.3 Å². The number of carboxylic acids is 3. The molecule has 40 heavy (non-hydrogen) atoms. The second-order valence-electron chi connectivity index (χ2n) is 11.5. The standard InChI is InChI=1S/C32H62N2O6/c1-2-3-4-5-6-7-8-9-10-11-12-13-14-15-16-17-24-33(25-18-21-30(35)36)28-29-34(26-19-22-31(37)38)27-20-23-32(39)40/h2-29H2,1H3,(H,35,36)(H,37,38)(H,39,40). The largest absolute Gasteiger partial charge is 0.481 e. The van der Waals surface area contributed by atoms with Crippen LogP contribution in [0, 0.1) is 0 Å². The molecule has 0 aromatic rings. The van der Waals surface area contributed by atoms with Crippen molar-refractivity contribution >= 4 is 17.9 Å². The minimum absolute atomic E-state index is 0.108. The molecule has 0 aromatic heterocycles. The Morgan fingerprint density at radius 1 is 0.375 bits per heavy atom. The Hall–Kier alpha value is -1.67. The fourth-order valence-corrected chi connectivity index (χ4v) is 5.20. The van der Waals surface area contributed by atoms with Gasteiger partial charge in [0.15, 0.2) is 0 Å². The Balaban J connectivity index is 4.14. The quantitative estimate of drug-likeness (QED) is 0.0714. The number of nitrogens with zero attached hydrogens (tertiary/aromatic N) is 2. The Morgan fingerprint density at radius 3 is 0.900 bits per heavy atom. The fourth-order valence-electron chi connectivity index (χ4n) is 5.20. The second kappa shape index (κ2) is 28.8. The van der Waals surface area contributed by atoms with Crippen molar-refractivity contribution in [2.24, 2.45) is 0 Å². The zero-order valence-corrected chi connectivity index (χ0v) is 25.8. The first-order valence-electron chi connectivity index (χ1n) is 16.4. The number of carboxylic acid groups (broad SMARTS) is 3. The first kappa shape index (κ1) is 38.3. The average Bonchev–Trinajstić information content (AvgIpc) is 2.90. The van der Waals surface area contributed by atoms with Crippen LogP contribution in [0.5, 0.6) is 0 Å². The molecule has 0 aliphatic carbocycles. The topological polar surface area (TPSA) is 118 Å². The molecule has 0 atom stereocenters. The number of hydrogen-bond acceptors (Lipinski definition) is 5. The van der Waals surface area contributed by atoms with Gasteiger partial charge in [0.1, 0.15) is 0 Å². The van der Waals surface area contributed by atoms with E-state index >= 15 is 0 Å². The van der Waals surface area contributed by atoms with Gasteiger partial charge in [0.05, 0.1) is 0 Å². The van der Waals surface area contributed by atoms with Crippen molar-refractivity contribution in [2.75, 3.05) is 39.3 Å². The molecule has 8 heteroatoms. The molecular formula is C32H62N2O6. The maximum atomic E-state index is 11.0. The van der Waals surface area contributed by atoms with Gasteiger partial charge in [-0.1, -0.05) is 103 Å². The van der Waals surface area contributed by atoms with E-state index in [4.69, 9.17) is 15.3 Å². The van der Waals surface area contributed by atoms with E-state index in [-0.39, 0.29) is 19.3 Å². The molecule has 0 rings (SSSR count). The van der Waals surface area contributed by atoms with Gasteiger partial charge < -0.3 is 25.1 Å². The van der Waals surface area contributed by atoms with Gasteiger partial charge in [-0.15, -0.1) is 0 Å². The van der Waals surface area contributed by atoms with E-state index in [0.29, 0.717) is 32.4 Å². The highest BCUT2D eigenvalue weighted by Gasteiger charge is 2.12. The number of unbranched alkanes of at least 4 members (excludes halogenated alkanes) is 15. The van der Waals surface area contributed by atoms with Crippen LogP contribution in [0.2, 0.25) is 0 Å². The van der Waals surface area contributed by atoms with E-state index in [1.165, 1.54) is 96.3 Å². The zero-order chi connectivity index (χ0) is 29.7. The SMILES string of the molecule is CCCCCCCCCCCCCCCCCCN(CCCC(=O)O)CCN(CCCC(=O)O)CCCC(=O)O. The minimum Gasteiger partial charge on any atom is -0.481 e. The van der Waals surface area contributed by atoms with Crippen LogP contribution < -0.4 is 0 Å². The van der Waals surface area contributed by atoms with Crippen molar-refractivity contribution in [1.29, 1.82) is 0 Å². The monoisotopic (exact) mass is 570 g/mol. The molecular weight excluding hydrogens is 508 g/mol. The van der Waals surface area contributed by atoms with Crippen LogP contribution in [-0.2, 0) is 14.4 Å². The van der Waals surface area contributed by atoms with Crippen LogP contribution in [0.4, 0.5) is 0 Å². The lowest BCUT2D eigenvalue weighted by molar-refractivity contribution is -0.138. The molecule has 0 unspecified atom stereocenters. The maximum Gasteiger partial charge on any atom is 0.303 e. The number of carbonyl (C=O) groups is 3. The normalized spacial score (nSPS) is 11.5. The van der Waals surface area contributed by atoms with E-state index in [2.05, 4.69) is 16.7 Å². The van der Waals surface area contributed by atoms with Crippen molar-refractivity contribution in [1.82, 2.24) is 9.80 Å². The molecule has 0 radical (unpaired) electrons. The number of hydrogen-bond donors (Lipinski definition) is 3. The lowest BCUT2D eigenvalue weighted by atomic mass is 10.0. The summed E-state index contributed by atoms with van der Waals surface area (Å²) in [7, 11) is 0. The van der Waals surface area contributed by atoms with Gasteiger partial charge >= 0.3 is 17.9 Å². The molecule has 236 valence electrons. The first-order chi connectivity index (χ1) is 19.3. The van der Waals surface area contributed by atoms with E-state index in [1.807, 2.05) is 0 Å². The van der Waals surface area contributed by atoms with Crippen LogP contribution >= 0.6 is 0 Å². The smallest absolute Gasteiger partial charge is 0.303 e. The molecule has 0 aromatic carbocycles. The molecule has 0 aliphatic heterocycles. The van der Waals surface area contributed by atoms with Gasteiger partial charge in [0, 0.05) is 32.4 Å². The molecule has 0 aliphatic rings. The third-order valence-corrected chi connectivity index (χ3v) is 7.66. The van der Waals surface area contributed by atoms with Crippen molar-refractivity contribution in [3.63, 3.8) is 0 Å². The van der Waals surface area contributed by atoms with Crippen molar-refractivity contribution < 1.29 is 29.7 Å². The minimum atomic E-state index is -0.815. The third kappa shape index (κ3) is 29.3. The summed E-state index contributed by atoms with van der Waals surface area (Å²) in [6.07, 6.45) is 23.5. The van der Waals surface area contributed by atoms with Crippen LogP contribution in [0.3, 0.4) is 0 Å². The fraction of sp³-hybridized carbons (Fsp3) is 0.906. The molecule has 0 saturated heterocycles. The van der Waals surface area contributed by atoms with Gasteiger partial charge in [-0.05, 0) is 51.9 Å². The Labute approximate surface area is 244 Å². The van der Waals surface area contributed by atoms with E-state index in [1.54, 1.807) is 0 Å². The molecule has 0 heterocycles. The van der Waals surface area contributed by atoms with Gasteiger partial charge in [0.2, 0.25) is 0 Å². The van der Waals surface area contributed by atoms with Crippen LogP contribution in [0.25, 0.3) is 0 Å². The summed E-state index contributed by atoms with van der Waals surface area (Å²) in [5.41, 5.74) is 0. The van der Waals surface area contributed by atoms with Gasteiger partial charge in [-0.25, -0.2) is 0 Å². The summed E-state index contributed by atoms with van der Waals surface area (Å²) < 4.78 is 0. The highest BCUT2D eigenvalue weighted by Crippen LogP contribution is 2.14. The Kier molecular flexibility index (Phi) is 27.6. The molecule has 0 spiro atoms. The highest BCUT2D eigenvalue weighted by atomic mass is 16.4. The van der Waals surface area contributed by atoms with Crippen molar-refractivity contribution in [3.05, 3.63) is 0 Å². The third-order valence-electron chi connectivity index (χ3n) is 7.66. The summed E-state index contributed by atoms with van der Waals surface area (Å²) >= 11 is 0. The summed E-state index contributed by atoms with van der Waals surface area (Å²) in [6.45, 7) is 6.74. The van der Waals surface area contributed by atoms with Crippen LogP contribution in [0.15, 0.2) is 0 Å². The molecule has 0 fully saturated rings. The molecule has 0 bridgehead atoms. The van der Waals surface area contributed by atoms with Gasteiger partial charge in [0.25, 0.3) is 0 Å². The van der Waals surface area contributed by atoms with Gasteiger partial charge in [-0.3, -0.25) is 14.4 Å². The summed E-state index contributed by atoms with van der Waals surface area (Å²) in [6, 6.07) is 0. The van der Waals surface area contributed by atoms with Gasteiger partial charge in [-0.2, -0.15) is 0 Å². The average molecular weight is 571 g/mol.